The van der Waals surface area contributed by atoms with E-state index in [2.05, 4.69) is 10.6 Å². The third-order valence-corrected chi connectivity index (χ3v) is 4.84. The first kappa shape index (κ1) is 17.8. The first-order chi connectivity index (χ1) is 9.34. The zero-order valence-corrected chi connectivity index (χ0v) is 13.5. The molecule has 0 radical (unpaired) electrons. The summed E-state index contributed by atoms with van der Waals surface area (Å²) in [5.74, 6) is 1.91. The molecule has 0 aromatic heterocycles. The van der Waals surface area contributed by atoms with Crippen molar-refractivity contribution in [1.82, 2.24) is 10.6 Å². The Morgan fingerprint density at radius 2 is 1.60 bits per heavy atom. The van der Waals surface area contributed by atoms with Crippen molar-refractivity contribution < 1.29 is 4.79 Å². The van der Waals surface area contributed by atoms with Gasteiger partial charge >= 0.3 is 0 Å². The molecule has 2 aliphatic rings. The predicted molar refractivity (Wildman–Crippen MR) is 86.3 cm³/mol. The van der Waals surface area contributed by atoms with Gasteiger partial charge in [0.25, 0.3) is 0 Å². The van der Waals surface area contributed by atoms with Crippen LogP contribution in [0.25, 0.3) is 0 Å². The summed E-state index contributed by atoms with van der Waals surface area (Å²) in [6.45, 7) is 3.16. The lowest BCUT2D eigenvalue weighted by Crippen LogP contribution is -2.30. The molecule has 0 bridgehead atoms. The molecule has 1 heterocycles. The molecule has 0 aromatic carbocycles. The van der Waals surface area contributed by atoms with E-state index < -0.39 is 0 Å². The highest BCUT2D eigenvalue weighted by atomic mass is 35.5. The minimum Gasteiger partial charge on any atom is -0.356 e. The van der Waals surface area contributed by atoms with E-state index in [0.717, 1.165) is 44.3 Å². The van der Waals surface area contributed by atoms with Crippen molar-refractivity contribution in [3.8, 4) is 0 Å². The number of nitrogens with one attached hydrogen (secondary N) is 2. The van der Waals surface area contributed by atoms with Crippen LogP contribution in [0.2, 0.25) is 0 Å². The lowest BCUT2D eigenvalue weighted by Gasteiger charge is -2.23. The number of hydrogen-bond donors (Lipinski definition) is 2. The van der Waals surface area contributed by atoms with Gasteiger partial charge in [0, 0.05) is 13.0 Å². The van der Waals surface area contributed by atoms with E-state index >= 15 is 0 Å². The summed E-state index contributed by atoms with van der Waals surface area (Å²) in [4.78, 5) is 11.8. The molecule has 2 fully saturated rings. The molecule has 0 atom stereocenters. The van der Waals surface area contributed by atoms with Crippen LogP contribution in [-0.2, 0) is 4.79 Å². The van der Waals surface area contributed by atoms with Gasteiger partial charge in [-0.25, -0.2) is 0 Å². The monoisotopic (exact) mass is 302 g/mol. The maximum absolute atomic E-state index is 11.8. The van der Waals surface area contributed by atoms with E-state index in [1.54, 1.807) is 0 Å². The van der Waals surface area contributed by atoms with E-state index in [0.29, 0.717) is 0 Å². The number of amides is 1. The van der Waals surface area contributed by atoms with Gasteiger partial charge in [-0.1, -0.05) is 32.1 Å². The molecule has 4 heteroatoms. The predicted octanol–water partition coefficient (Wildman–Crippen LogP) is 3.27. The Bertz CT molecular complexity index is 261. The van der Waals surface area contributed by atoms with E-state index in [1.165, 1.54) is 51.4 Å². The molecule has 0 aromatic rings. The summed E-state index contributed by atoms with van der Waals surface area (Å²) in [5.41, 5.74) is 0. The van der Waals surface area contributed by atoms with Crippen molar-refractivity contribution in [3.63, 3.8) is 0 Å². The van der Waals surface area contributed by atoms with Crippen molar-refractivity contribution in [2.75, 3.05) is 19.6 Å². The molecule has 20 heavy (non-hydrogen) atoms. The Kier molecular flexibility index (Phi) is 9.28. The lowest BCUT2D eigenvalue weighted by atomic mass is 9.87. The third kappa shape index (κ3) is 6.94. The minimum absolute atomic E-state index is 0. The normalized spacial score (nSPS) is 21.2. The average Bonchev–Trinajstić information content (AvgIpc) is 2.47. The Morgan fingerprint density at radius 3 is 2.30 bits per heavy atom. The van der Waals surface area contributed by atoms with E-state index in [4.69, 9.17) is 0 Å². The third-order valence-electron chi connectivity index (χ3n) is 4.84. The van der Waals surface area contributed by atoms with Gasteiger partial charge < -0.3 is 10.6 Å². The zero-order chi connectivity index (χ0) is 13.3. The summed E-state index contributed by atoms with van der Waals surface area (Å²) < 4.78 is 0. The van der Waals surface area contributed by atoms with Crippen LogP contribution in [0.3, 0.4) is 0 Å². The number of halogens is 1. The fourth-order valence-electron chi connectivity index (χ4n) is 3.49. The SMILES string of the molecule is Cl.O=C(CCC1CCNCC1)NCCC1CCCCC1. The van der Waals surface area contributed by atoms with Crippen LogP contribution in [0.4, 0.5) is 0 Å². The Morgan fingerprint density at radius 1 is 0.950 bits per heavy atom. The Hall–Kier alpha value is -0.280. The van der Waals surface area contributed by atoms with Crippen molar-refractivity contribution in [2.24, 2.45) is 11.8 Å². The first-order valence-electron chi connectivity index (χ1n) is 8.32. The van der Waals surface area contributed by atoms with Gasteiger partial charge in [0.05, 0.1) is 0 Å². The topological polar surface area (TPSA) is 41.1 Å². The quantitative estimate of drug-likeness (QED) is 0.790. The van der Waals surface area contributed by atoms with Gasteiger partial charge in [-0.3, -0.25) is 4.79 Å². The molecule has 0 spiro atoms. The van der Waals surface area contributed by atoms with Crippen LogP contribution in [-0.4, -0.2) is 25.5 Å². The second-order valence-corrected chi connectivity index (χ2v) is 6.37. The number of carbonyl (C=O) groups excluding carboxylic acids is 1. The molecule has 0 unspecified atom stereocenters. The van der Waals surface area contributed by atoms with E-state index in [-0.39, 0.29) is 18.3 Å². The number of piperidine rings is 1. The summed E-state index contributed by atoms with van der Waals surface area (Å²) >= 11 is 0. The van der Waals surface area contributed by atoms with E-state index in [1.807, 2.05) is 0 Å². The van der Waals surface area contributed by atoms with Gasteiger partial charge in [0.1, 0.15) is 0 Å². The van der Waals surface area contributed by atoms with Crippen molar-refractivity contribution in [3.05, 3.63) is 0 Å². The second kappa shape index (κ2) is 10.4. The van der Waals surface area contributed by atoms with Gasteiger partial charge in [-0.15, -0.1) is 12.4 Å². The van der Waals surface area contributed by atoms with Gasteiger partial charge in [0.15, 0.2) is 0 Å². The average molecular weight is 303 g/mol. The Balaban J connectivity index is 0.00000200. The van der Waals surface area contributed by atoms with E-state index in [9.17, 15) is 4.79 Å². The molecule has 1 amide bonds. The fourth-order valence-corrected chi connectivity index (χ4v) is 3.49. The maximum atomic E-state index is 11.8. The molecular weight excluding hydrogens is 272 g/mol. The Labute approximate surface area is 130 Å². The summed E-state index contributed by atoms with van der Waals surface area (Å²) in [5, 5.41) is 6.49. The summed E-state index contributed by atoms with van der Waals surface area (Å²) in [7, 11) is 0. The van der Waals surface area contributed by atoms with Crippen LogP contribution >= 0.6 is 12.4 Å². The van der Waals surface area contributed by atoms with Gasteiger partial charge in [0.2, 0.25) is 5.91 Å². The molecule has 118 valence electrons. The van der Waals surface area contributed by atoms with Crippen molar-refractivity contribution in [1.29, 1.82) is 0 Å². The van der Waals surface area contributed by atoms with Crippen molar-refractivity contribution >= 4 is 18.3 Å². The summed E-state index contributed by atoms with van der Waals surface area (Å²) in [6, 6.07) is 0. The first-order valence-corrected chi connectivity index (χ1v) is 8.32. The fraction of sp³-hybridized carbons (Fsp3) is 0.938. The number of rotatable bonds is 6. The van der Waals surface area contributed by atoms with Crippen LogP contribution in [0.1, 0.15) is 64.2 Å². The zero-order valence-electron chi connectivity index (χ0n) is 12.7. The molecule has 1 aliphatic carbocycles. The van der Waals surface area contributed by atoms with Crippen LogP contribution in [0.5, 0.6) is 0 Å². The standard InChI is InChI=1S/C16H30N2O.ClH/c19-16(7-6-15-8-11-17-12-9-15)18-13-10-14-4-2-1-3-5-14;/h14-15,17H,1-13H2,(H,18,19);1H. The molecule has 1 saturated heterocycles. The van der Waals surface area contributed by atoms with Crippen LogP contribution in [0, 0.1) is 11.8 Å². The largest absolute Gasteiger partial charge is 0.356 e. The van der Waals surface area contributed by atoms with Crippen LogP contribution < -0.4 is 10.6 Å². The smallest absolute Gasteiger partial charge is 0.220 e. The van der Waals surface area contributed by atoms with Gasteiger partial charge in [-0.05, 0) is 50.6 Å². The minimum atomic E-state index is 0. The number of carbonyl (C=O) groups is 1. The molecule has 2 N–H and O–H groups in total. The van der Waals surface area contributed by atoms with Crippen LogP contribution in [0.15, 0.2) is 0 Å². The van der Waals surface area contributed by atoms with Gasteiger partial charge in [-0.2, -0.15) is 0 Å². The van der Waals surface area contributed by atoms with Crippen molar-refractivity contribution in [2.45, 2.75) is 64.2 Å². The number of hydrogen-bond acceptors (Lipinski definition) is 2. The second-order valence-electron chi connectivity index (χ2n) is 6.37. The summed E-state index contributed by atoms with van der Waals surface area (Å²) in [6.07, 6.45) is 12.5. The maximum Gasteiger partial charge on any atom is 0.220 e. The molecule has 1 saturated carbocycles. The highest BCUT2D eigenvalue weighted by Gasteiger charge is 2.15. The highest BCUT2D eigenvalue weighted by Crippen LogP contribution is 2.25. The lowest BCUT2D eigenvalue weighted by molar-refractivity contribution is -0.121. The molecular formula is C16H31ClN2O. The molecule has 1 aliphatic heterocycles. The highest BCUT2D eigenvalue weighted by molar-refractivity contribution is 5.85. The molecule has 2 rings (SSSR count). The molecule has 3 nitrogen and oxygen atoms in total.